The molecule has 3 aliphatic rings. The lowest BCUT2D eigenvalue weighted by Crippen LogP contribution is -2.47. The predicted molar refractivity (Wildman–Crippen MR) is 109 cm³/mol. The van der Waals surface area contributed by atoms with Gasteiger partial charge in [0.1, 0.15) is 5.58 Å². The lowest BCUT2D eigenvalue weighted by Gasteiger charge is -2.41. The zero-order valence-electron chi connectivity index (χ0n) is 17.4. The Balaban J connectivity index is 1.36. The van der Waals surface area contributed by atoms with Crippen molar-refractivity contribution in [2.45, 2.75) is 39.7 Å². The van der Waals surface area contributed by atoms with Crippen molar-refractivity contribution in [2.24, 2.45) is 11.3 Å². The van der Waals surface area contributed by atoms with E-state index in [1.165, 1.54) is 0 Å². The van der Waals surface area contributed by atoms with Gasteiger partial charge in [-0.15, -0.1) is 0 Å². The maximum atomic E-state index is 13.2. The summed E-state index contributed by atoms with van der Waals surface area (Å²) in [7, 11) is 0. The van der Waals surface area contributed by atoms with Crippen LogP contribution in [-0.4, -0.2) is 60.5 Å². The minimum absolute atomic E-state index is 0.0198. The van der Waals surface area contributed by atoms with Gasteiger partial charge >= 0.3 is 0 Å². The van der Waals surface area contributed by atoms with Gasteiger partial charge in [-0.2, -0.15) is 0 Å². The van der Waals surface area contributed by atoms with Crippen LogP contribution in [0.2, 0.25) is 0 Å². The highest BCUT2D eigenvalue weighted by Crippen LogP contribution is 2.50. The van der Waals surface area contributed by atoms with Crippen LogP contribution in [0.5, 0.6) is 0 Å². The van der Waals surface area contributed by atoms with Gasteiger partial charge in [0.2, 0.25) is 5.91 Å². The van der Waals surface area contributed by atoms with Crippen LogP contribution in [0.25, 0.3) is 11.0 Å². The van der Waals surface area contributed by atoms with Gasteiger partial charge in [0.15, 0.2) is 5.76 Å². The number of carbonyl (C=O) groups is 2. The van der Waals surface area contributed by atoms with Crippen LogP contribution >= 0.6 is 0 Å². The van der Waals surface area contributed by atoms with Gasteiger partial charge in [-0.3, -0.25) is 9.59 Å². The van der Waals surface area contributed by atoms with Crippen LogP contribution in [0, 0.1) is 25.2 Å². The Morgan fingerprint density at radius 1 is 1.14 bits per heavy atom. The second-order valence-electron chi connectivity index (χ2n) is 9.02. The standard InChI is InChI=1S/C23H28N2O4/c1-14-5-4-6-17-15(2)21(29-20(14)17)22(27)24-9-7-23(8-10-24)13-25(16(3)26)19-12-28-11-18(19)23/h4-6,18-19H,7-13H2,1-3H3/t18-,19+/m0/s1. The van der Waals surface area contributed by atoms with Crippen molar-refractivity contribution in [3.63, 3.8) is 0 Å². The van der Waals surface area contributed by atoms with Crippen molar-refractivity contribution >= 4 is 22.8 Å². The Hall–Kier alpha value is -2.34. The molecule has 6 heteroatoms. The third kappa shape index (κ3) is 2.72. The van der Waals surface area contributed by atoms with E-state index in [4.69, 9.17) is 9.15 Å². The number of nitrogens with zero attached hydrogens (tertiary/aromatic N) is 2. The van der Waals surface area contributed by atoms with Gasteiger partial charge in [-0.25, -0.2) is 0 Å². The number of fused-ring (bicyclic) bond motifs is 3. The molecular formula is C23H28N2O4. The minimum Gasteiger partial charge on any atom is -0.450 e. The minimum atomic E-state index is -0.0198. The Kier molecular flexibility index (Phi) is 4.24. The molecule has 0 saturated carbocycles. The highest BCUT2D eigenvalue weighted by Gasteiger charge is 2.56. The van der Waals surface area contributed by atoms with Crippen LogP contribution < -0.4 is 0 Å². The first-order valence-corrected chi connectivity index (χ1v) is 10.5. The maximum Gasteiger partial charge on any atom is 0.289 e. The number of ether oxygens (including phenoxy) is 1. The molecule has 3 aliphatic heterocycles. The molecule has 29 heavy (non-hydrogen) atoms. The first-order chi connectivity index (χ1) is 13.9. The molecule has 2 aromatic rings. The highest BCUT2D eigenvalue weighted by molar-refractivity contribution is 5.99. The Labute approximate surface area is 170 Å². The van der Waals surface area contributed by atoms with Gasteiger partial charge in [-0.05, 0) is 37.7 Å². The average molecular weight is 396 g/mol. The van der Waals surface area contributed by atoms with Gasteiger partial charge in [-0.1, -0.05) is 18.2 Å². The predicted octanol–water partition coefficient (Wildman–Crippen LogP) is 3.15. The fourth-order valence-corrected chi connectivity index (χ4v) is 5.77. The summed E-state index contributed by atoms with van der Waals surface area (Å²) in [5.74, 6) is 0.964. The van der Waals surface area contributed by atoms with E-state index in [-0.39, 0.29) is 23.3 Å². The van der Waals surface area contributed by atoms with Crippen LogP contribution in [0.1, 0.15) is 41.4 Å². The van der Waals surface area contributed by atoms with E-state index in [2.05, 4.69) is 0 Å². The number of hydrogen-bond acceptors (Lipinski definition) is 4. The van der Waals surface area contributed by atoms with Crippen molar-refractivity contribution in [1.82, 2.24) is 9.80 Å². The third-order valence-electron chi connectivity index (χ3n) is 7.53. The summed E-state index contributed by atoms with van der Waals surface area (Å²) in [6.45, 7) is 9.19. The van der Waals surface area contributed by atoms with Crippen LogP contribution in [0.3, 0.4) is 0 Å². The zero-order chi connectivity index (χ0) is 20.3. The number of piperidine rings is 1. The smallest absolute Gasteiger partial charge is 0.289 e. The number of carbonyl (C=O) groups excluding carboxylic acids is 2. The summed E-state index contributed by atoms with van der Waals surface area (Å²) in [6.07, 6.45) is 1.82. The highest BCUT2D eigenvalue weighted by atomic mass is 16.5. The molecule has 3 saturated heterocycles. The molecule has 6 nitrogen and oxygen atoms in total. The molecule has 1 spiro atoms. The van der Waals surface area contributed by atoms with Crippen molar-refractivity contribution in [2.75, 3.05) is 32.8 Å². The van der Waals surface area contributed by atoms with E-state index in [1.807, 2.05) is 41.8 Å². The van der Waals surface area contributed by atoms with Gasteiger partial charge in [0, 0.05) is 43.4 Å². The molecule has 154 valence electrons. The number of rotatable bonds is 1. The second-order valence-corrected chi connectivity index (χ2v) is 9.02. The van der Waals surface area contributed by atoms with Gasteiger partial charge in [0.05, 0.1) is 19.3 Å². The lowest BCUT2D eigenvalue weighted by molar-refractivity contribution is -0.130. The fourth-order valence-electron chi connectivity index (χ4n) is 5.77. The average Bonchev–Trinajstić information content (AvgIpc) is 3.39. The number of para-hydroxylation sites is 1. The first kappa shape index (κ1) is 18.7. The molecule has 0 bridgehead atoms. The molecule has 1 aromatic heterocycles. The van der Waals surface area contributed by atoms with Gasteiger partial charge in [0.25, 0.3) is 5.91 Å². The van der Waals surface area contributed by atoms with Crippen LogP contribution in [0.4, 0.5) is 0 Å². The van der Waals surface area contributed by atoms with E-state index >= 15 is 0 Å². The van der Waals surface area contributed by atoms with Crippen molar-refractivity contribution in [3.05, 3.63) is 35.1 Å². The van der Waals surface area contributed by atoms with Crippen LogP contribution in [-0.2, 0) is 9.53 Å². The van der Waals surface area contributed by atoms with E-state index in [1.54, 1.807) is 6.92 Å². The number of likely N-dealkylation sites (tertiary alicyclic amines) is 2. The number of benzene rings is 1. The summed E-state index contributed by atoms with van der Waals surface area (Å²) >= 11 is 0. The molecule has 3 fully saturated rings. The second kappa shape index (κ2) is 6.59. The fraction of sp³-hybridized carbons (Fsp3) is 0.565. The summed E-state index contributed by atoms with van der Waals surface area (Å²) in [5, 5.41) is 1.01. The van der Waals surface area contributed by atoms with E-state index in [0.717, 1.165) is 48.1 Å². The third-order valence-corrected chi connectivity index (χ3v) is 7.53. The van der Waals surface area contributed by atoms with Crippen molar-refractivity contribution in [1.29, 1.82) is 0 Å². The summed E-state index contributed by atoms with van der Waals surface area (Å²) in [5.41, 5.74) is 2.84. The quantitative estimate of drug-likeness (QED) is 0.743. The Morgan fingerprint density at radius 3 is 2.59 bits per heavy atom. The molecule has 2 amide bonds. The Bertz CT molecular complexity index is 986. The molecule has 5 rings (SSSR count). The zero-order valence-corrected chi connectivity index (χ0v) is 17.4. The molecule has 0 aliphatic carbocycles. The Morgan fingerprint density at radius 2 is 1.90 bits per heavy atom. The molecule has 0 unspecified atom stereocenters. The van der Waals surface area contributed by atoms with Gasteiger partial charge < -0.3 is 19.0 Å². The first-order valence-electron chi connectivity index (χ1n) is 10.5. The van der Waals surface area contributed by atoms with Crippen LogP contribution in [0.15, 0.2) is 22.6 Å². The molecule has 0 radical (unpaired) electrons. The summed E-state index contributed by atoms with van der Waals surface area (Å²) in [4.78, 5) is 29.3. The van der Waals surface area contributed by atoms with Crippen molar-refractivity contribution in [3.8, 4) is 0 Å². The number of hydrogen-bond donors (Lipinski definition) is 0. The number of furan rings is 1. The van der Waals surface area contributed by atoms with Crippen molar-refractivity contribution < 1.29 is 18.7 Å². The topological polar surface area (TPSA) is 63.0 Å². The summed E-state index contributed by atoms with van der Waals surface area (Å²) < 4.78 is 11.7. The van der Waals surface area contributed by atoms with E-state index < -0.39 is 0 Å². The normalized spacial score (nSPS) is 25.8. The summed E-state index contributed by atoms with van der Waals surface area (Å²) in [6, 6.07) is 6.22. The molecule has 4 heterocycles. The monoisotopic (exact) mass is 396 g/mol. The molecule has 1 aromatic carbocycles. The largest absolute Gasteiger partial charge is 0.450 e. The lowest BCUT2D eigenvalue weighted by atomic mass is 9.70. The number of aryl methyl sites for hydroxylation is 2. The SMILES string of the molecule is CC(=O)N1CC2(CCN(C(=O)c3oc4c(C)cccc4c3C)CC2)[C@H]2COC[C@H]21. The maximum absolute atomic E-state index is 13.2. The molecule has 0 N–H and O–H groups in total. The molecule has 2 atom stereocenters. The molecular weight excluding hydrogens is 368 g/mol. The van der Waals surface area contributed by atoms with E-state index in [9.17, 15) is 9.59 Å². The van der Waals surface area contributed by atoms with E-state index in [0.29, 0.717) is 31.4 Å². The number of amides is 2.